The van der Waals surface area contributed by atoms with Crippen molar-refractivity contribution in [2.24, 2.45) is 5.92 Å². The minimum Gasteiger partial charge on any atom is -0.492 e. The first-order valence-electron chi connectivity index (χ1n) is 10.9. The van der Waals surface area contributed by atoms with E-state index in [1.54, 1.807) is 21.9 Å². The Morgan fingerprint density at radius 3 is 2.34 bits per heavy atom. The van der Waals surface area contributed by atoms with Gasteiger partial charge in [0.2, 0.25) is 5.91 Å². The number of nitrogens with zero attached hydrogens (tertiary/aromatic N) is 2. The first-order chi connectivity index (χ1) is 15.5. The van der Waals surface area contributed by atoms with Crippen LogP contribution in [0.15, 0.2) is 72.8 Å². The van der Waals surface area contributed by atoms with Crippen LogP contribution in [0.1, 0.15) is 28.4 Å². The van der Waals surface area contributed by atoms with Gasteiger partial charge in [-0.3, -0.25) is 9.59 Å². The van der Waals surface area contributed by atoms with Crippen LogP contribution in [0.3, 0.4) is 0 Å². The van der Waals surface area contributed by atoms with E-state index < -0.39 is 0 Å². The van der Waals surface area contributed by atoms with E-state index in [9.17, 15) is 9.59 Å². The van der Waals surface area contributed by atoms with E-state index in [0.29, 0.717) is 25.3 Å². The molecule has 5 nitrogen and oxygen atoms in total. The predicted octanol–water partition coefficient (Wildman–Crippen LogP) is 5.01. The van der Waals surface area contributed by atoms with Gasteiger partial charge in [0.05, 0.1) is 23.8 Å². The summed E-state index contributed by atoms with van der Waals surface area (Å²) in [6.07, 6.45) is 0. The molecule has 32 heavy (non-hydrogen) atoms. The maximum Gasteiger partial charge on any atom is 0.258 e. The molecule has 3 aromatic carbocycles. The average Bonchev–Trinajstić information content (AvgIpc) is 2.92. The van der Waals surface area contributed by atoms with Crippen molar-refractivity contribution < 1.29 is 14.3 Å². The first kappa shape index (κ1) is 21.6. The number of carbonyl (C=O) groups excluding carboxylic acids is 2. The van der Waals surface area contributed by atoms with Crippen LogP contribution in [-0.2, 0) is 4.79 Å². The van der Waals surface area contributed by atoms with Gasteiger partial charge in [-0.05, 0) is 61.4 Å². The first-order valence-corrected chi connectivity index (χ1v) is 10.9. The lowest BCUT2D eigenvalue weighted by atomic mass is 10.1. The number of benzene rings is 3. The molecule has 2 amide bonds. The van der Waals surface area contributed by atoms with Crippen molar-refractivity contribution in [3.05, 3.63) is 89.5 Å². The van der Waals surface area contributed by atoms with Crippen molar-refractivity contribution in [1.29, 1.82) is 0 Å². The van der Waals surface area contributed by atoms with Crippen LogP contribution in [-0.4, -0.2) is 31.5 Å². The van der Waals surface area contributed by atoms with Gasteiger partial charge in [-0.1, -0.05) is 43.3 Å². The molecule has 1 atom stereocenters. The fraction of sp³-hybridized carbons (Fsp3) is 0.259. The van der Waals surface area contributed by atoms with Gasteiger partial charge in [-0.15, -0.1) is 0 Å². The molecule has 164 valence electrons. The highest BCUT2D eigenvalue weighted by atomic mass is 16.5. The molecule has 4 rings (SSSR count). The Labute approximate surface area is 189 Å². The molecule has 0 bridgehead atoms. The van der Waals surface area contributed by atoms with Crippen molar-refractivity contribution in [2.45, 2.75) is 20.8 Å². The van der Waals surface area contributed by atoms with Gasteiger partial charge in [-0.2, -0.15) is 0 Å². The van der Waals surface area contributed by atoms with Crippen molar-refractivity contribution in [2.75, 3.05) is 29.5 Å². The number of carbonyl (C=O) groups is 2. The van der Waals surface area contributed by atoms with Gasteiger partial charge < -0.3 is 14.5 Å². The summed E-state index contributed by atoms with van der Waals surface area (Å²) in [5.41, 5.74) is 4.46. The molecule has 0 N–H and O–H groups in total. The summed E-state index contributed by atoms with van der Waals surface area (Å²) >= 11 is 0. The monoisotopic (exact) mass is 428 g/mol. The lowest BCUT2D eigenvalue weighted by Gasteiger charge is -2.25. The van der Waals surface area contributed by atoms with E-state index in [-0.39, 0.29) is 17.7 Å². The number of amides is 2. The Morgan fingerprint density at radius 2 is 1.62 bits per heavy atom. The second-order valence-electron chi connectivity index (χ2n) is 8.26. The number of rotatable bonds is 5. The molecule has 1 heterocycles. The summed E-state index contributed by atoms with van der Waals surface area (Å²) in [5.74, 6) is 0.338. The topological polar surface area (TPSA) is 49.9 Å². The maximum absolute atomic E-state index is 13.3. The highest BCUT2D eigenvalue weighted by Crippen LogP contribution is 2.35. The summed E-state index contributed by atoms with van der Waals surface area (Å²) in [6.45, 7) is 7.09. The van der Waals surface area contributed by atoms with Crippen LogP contribution < -0.4 is 14.5 Å². The molecule has 1 aliphatic heterocycles. The molecule has 0 aliphatic carbocycles. The molecular weight excluding hydrogens is 400 g/mol. The minimum atomic E-state index is -0.336. The summed E-state index contributed by atoms with van der Waals surface area (Å²) in [7, 11) is 0. The zero-order chi connectivity index (χ0) is 22.7. The zero-order valence-electron chi connectivity index (χ0n) is 18.7. The fourth-order valence-corrected chi connectivity index (χ4v) is 3.97. The van der Waals surface area contributed by atoms with Gasteiger partial charge in [0.25, 0.3) is 5.91 Å². The Balaban J connectivity index is 1.59. The van der Waals surface area contributed by atoms with Gasteiger partial charge >= 0.3 is 0 Å². The second kappa shape index (κ2) is 9.27. The SMILES string of the molecule is Cc1ccc(OCCN2C(=O)C(C)CN(C(=O)c3ccccc3)c3ccccc32)cc1C. The largest absolute Gasteiger partial charge is 0.492 e. The van der Waals surface area contributed by atoms with Crippen molar-refractivity contribution in [3.63, 3.8) is 0 Å². The standard InChI is InChI=1S/C27H28N2O3/c1-19-13-14-23(17-20(19)2)32-16-15-28-24-11-7-8-12-25(24)29(18-21(3)26(28)30)27(31)22-9-5-4-6-10-22/h4-14,17,21H,15-16,18H2,1-3H3. The predicted molar refractivity (Wildman–Crippen MR) is 127 cm³/mol. The number of hydrogen-bond acceptors (Lipinski definition) is 3. The summed E-state index contributed by atoms with van der Waals surface area (Å²) < 4.78 is 5.95. The van der Waals surface area contributed by atoms with Gasteiger partial charge in [-0.25, -0.2) is 0 Å². The normalized spacial score (nSPS) is 15.8. The van der Waals surface area contributed by atoms with Crippen molar-refractivity contribution >= 4 is 23.2 Å². The lowest BCUT2D eigenvalue weighted by Crippen LogP contribution is -2.39. The molecule has 0 radical (unpaired) electrons. The molecule has 5 heteroatoms. The number of fused-ring (bicyclic) bond motifs is 1. The molecule has 3 aromatic rings. The van der Waals surface area contributed by atoms with Gasteiger partial charge in [0.15, 0.2) is 0 Å². The highest BCUT2D eigenvalue weighted by molar-refractivity contribution is 6.11. The Hall–Kier alpha value is -3.60. The van der Waals surface area contributed by atoms with Gasteiger partial charge in [0.1, 0.15) is 12.4 Å². The number of ether oxygens (including phenoxy) is 1. The quantitative estimate of drug-likeness (QED) is 0.574. The number of para-hydroxylation sites is 2. The van der Waals surface area contributed by atoms with Gasteiger partial charge in [0, 0.05) is 12.1 Å². The molecule has 0 saturated heterocycles. The second-order valence-corrected chi connectivity index (χ2v) is 8.26. The average molecular weight is 429 g/mol. The van der Waals surface area contributed by atoms with E-state index >= 15 is 0 Å². The third-order valence-corrected chi connectivity index (χ3v) is 5.94. The minimum absolute atomic E-state index is 0.00972. The number of aryl methyl sites for hydroxylation is 2. The fourth-order valence-electron chi connectivity index (χ4n) is 3.97. The van der Waals surface area contributed by atoms with Crippen molar-refractivity contribution in [3.8, 4) is 5.75 Å². The molecular formula is C27H28N2O3. The van der Waals surface area contributed by atoms with Crippen LogP contribution in [0.25, 0.3) is 0 Å². The van der Waals surface area contributed by atoms with Crippen LogP contribution in [0.2, 0.25) is 0 Å². The molecule has 0 spiro atoms. The number of anilines is 2. The van der Waals surface area contributed by atoms with Crippen molar-refractivity contribution in [1.82, 2.24) is 0 Å². The molecule has 0 saturated carbocycles. The van der Waals surface area contributed by atoms with E-state index in [4.69, 9.17) is 4.74 Å². The third-order valence-electron chi connectivity index (χ3n) is 5.94. The number of hydrogen-bond donors (Lipinski definition) is 0. The van der Waals surface area contributed by atoms with Crippen LogP contribution in [0.4, 0.5) is 11.4 Å². The van der Waals surface area contributed by atoms with E-state index in [1.807, 2.05) is 67.6 Å². The Morgan fingerprint density at radius 1 is 0.938 bits per heavy atom. The summed E-state index contributed by atoms with van der Waals surface area (Å²) in [4.78, 5) is 30.1. The van der Waals surface area contributed by atoms with E-state index in [2.05, 4.69) is 13.8 Å². The smallest absolute Gasteiger partial charge is 0.258 e. The van der Waals surface area contributed by atoms with E-state index in [0.717, 1.165) is 17.1 Å². The molecule has 0 fully saturated rings. The summed E-state index contributed by atoms with van der Waals surface area (Å²) in [6, 6.07) is 22.8. The highest BCUT2D eigenvalue weighted by Gasteiger charge is 2.33. The molecule has 0 aromatic heterocycles. The maximum atomic E-state index is 13.3. The summed E-state index contributed by atoms with van der Waals surface area (Å²) in [5, 5.41) is 0. The lowest BCUT2D eigenvalue weighted by molar-refractivity contribution is -0.121. The van der Waals surface area contributed by atoms with E-state index in [1.165, 1.54) is 11.1 Å². The van der Waals surface area contributed by atoms with Crippen LogP contribution in [0, 0.1) is 19.8 Å². The van der Waals surface area contributed by atoms with Crippen LogP contribution in [0.5, 0.6) is 5.75 Å². The molecule has 1 aliphatic rings. The Bertz CT molecular complexity index is 1130. The Kier molecular flexibility index (Phi) is 6.26. The third kappa shape index (κ3) is 4.37. The zero-order valence-corrected chi connectivity index (χ0v) is 18.7. The molecule has 1 unspecified atom stereocenters. The van der Waals surface area contributed by atoms with Crippen LogP contribution >= 0.6 is 0 Å².